The smallest absolute Gasteiger partial charge is 0.255 e. The second-order valence-electron chi connectivity index (χ2n) is 4.00. The SMILES string of the molecule is CCNS(=O)(=O)CCNC(=O)c1cccc(N)c1OC. The number of hydrogen-bond acceptors (Lipinski definition) is 5. The minimum atomic E-state index is -3.35. The van der Waals surface area contributed by atoms with Crippen molar-refractivity contribution in [3.63, 3.8) is 0 Å². The Morgan fingerprint density at radius 3 is 2.70 bits per heavy atom. The molecule has 1 amide bonds. The number of para-hydroxylation sites is 1. The van der Waals surface area contributed by atoms with Gasteiger partial charge in [-0.25, -0.2) is 13.1 Å². The Labute approximate surface area is 118 Å². The molecule has 0 saturated heterocycles. The predicted molar refractivity (Wildman–Crippen MR) is 77.2 cm³/mol. The van der Waals surface area contributed by atoms with E-state index in [0.29, 0.717) is 12.2 Å². The van der Waals surface area contributed by atoms with E-state index in [0.717, 1.165) is 0 Å². The maximum absolute atomic E-state index is 12.0. The van der Waals surface area contributed by atoms with Gasteiger partial charge in [0.1, 0.15) is 0 Å². The first kappa shape index (κ1) is 16.3. The molecule has 0 unspecified atom stereocenters. The van der Waals surface area contributed by atoms with Crippen LogP contribution in [0.2, 0.25) is 0 Å². The molecule has 0 aliphatic heterocycles. The summed E-state index contributed by atoms with van der Waals surface area (Å²) in [5, 5.41) is 2.52. The van der Waals surface area contributed by atoms with Gasteiger partial charge in [-0.3, -0.25) is 4.79 Å². The molecule has 0 fully saturated rings. The summed E-state index contributed by atoms with van der Waals surface area (Å²) in [5.74, 6) is -0.336. The molecule has 0 saturated carbocycles. The first-order valence-corrected chi connectivity index (χ1v) is 7.74. The van der Waals surface area contributed by atoms with E-state index in [1.54, 1.807) is 25.1 Å². The van der Waals surface area contributed by atoms with Crippen LogP contribution in [0.5, 0.6) is 5.75 Å². The van der Waals surface area contributed by atoms with Crippen LogP contribution in [0.4, 0.5) is 5.69 Å². The quantitative estimate of drug-likeness (QED) is 0.611. The summed E-state index contributed by atoms with van der Waals surface area (Å²) in [7, 11) is -1.94. The second kappa shape index (κ2) is 7.11. The molecule has 0 aromatic heterocycles. The third-order valence-electron chi connectivity index (χ3n) is 2.51. The summed E-state index contributed by atoms with van der Waals surface area (Å²) in [5.41, 5.74) is 6.32. The fourth-order valence-corrected chi connectivity index (χ4v) is 2.60. The highest BCUT2D eigenvalue weighted by Gasteiger charge is 2.15. The Bertz CT molecular complexity index is 572. The van der Waals surface area contributed by atoms with E-state index < -0.39 is 15.9 Å². The van der Waals surface area contributed by atoms with Crippen molar-refractivity contribution in [2.45, 2.75) is 6.92 Å². The number of nitrogens with two attached hydrogens (primary N) is 1. The fourth-order valence-electron chi connectivity index (χ4n) is 1.65. The van der Waals surface area contributed by atoms with Crippen molar-refractivity contribution in [3.8, 4) is 5.75 Å². The number of nitrogen functional groups attached to an aromatic ring is 1. The Balaban J connectivity index is 2.67. The third kappa shape index (κ3) is 4.39. The summed E-state index contributed by atoms with van der Waals surface area (Å²) in [6.07, 6.45) is 0. The van der Waals surface area contributed by atoms with E-state index in [1.165, 1.54) is 7.11 Å². The Kier molecular flexibility index (Phi) is 5.78. The van der Waals surface area contributed by atoms with Crippen molar-refractivity contribution in [2.24, 2.45) is 0 Å². The number of ether oxygens (including phenoxy) is 1. The monoisotopic (exact) mass is 301 g/mol. The van der Waals surface area contributed by atoms with Gasteiger partial charge in [0.05, 0.1) is 24.1 Å². The molecule has 8 heteroatoms. The summed E-state index contributed by atoms with van der Waals surface area (Å²) in [6.45, 7) is 2.01. The van der Waals surface area contributed by atoms with Crippen molar-refractivity contribution < 1.29 is 17.9 Å². The Morgan fingerprint density at radius 1 is 1.40 bits per heavy atom. The lowest BCUT2D eigenvalue weighted by atomic mass is 10.1. The van der Waals surface area contributed by atoms with Crippen LogP contribution >= 0.6 is 0 Å². The number of amides is 1. The van der Waals surface area contributed by atoms with E-state index in [4.69, 9.17) is 10.5 Å². The molecule has 7 nitrogen and oxygen atoms in total. The fraction of sp³-hybridized carbons (Fsp3) is 0.417. The largest absolute Gasteiger partial charge is 0.494 e. The van der Waals surface area contributed by atoms with Gasteiger partial charge < -0.3 is 15.8 Å². The highest BCUT2D eigenvalue weighted by Crippen LogP contribution is 2.25. The molecule has 0 heterocycles. The first-order valence-electron chi connectivity index (χ1n) is 6.09. The van der Waals surface area contributed by atoms with Crippen LogP contribution in [0, 0.1) is 0 Å². The average Bonchev–Trinajstić information content (AvgIpc) is 2.37. The molecule has 4 N–H and O–H groups in total. The molecule has 0 bridgehead atoms. The van der Waals surface area contributed by atoms with E-state index in [1.807, 2.05) is 0 Å². The predicted octanol–water partition coefficient (Wildman–Crippen LogP) is -0.0535. The molecule has 20 heavy (non-hydrogen) atoms. The number of methoxy groups -OCH3 is 1. The maximum Gasteiger partial charge on any atom is 0.255 e. The summed E-state index contributed by atoms with van der Waals surface area (Å²) >= 11 is 0. The zero-order chi connectivity index (χ0) is 15.2. The van der Waals surface area contributed by atoms with Gasteiger partial charge in [-0.05, 0) is 12.1 Å². The van der Waals surface area contributed by atoms with Crippen LogP contribution in [0.1, 0.15) is 17.3 Å². The van der Waals surface area contributed by atoms with E-state index in [-0.39, 0.29) is 23.6 Å². The van der Waals surface area contributed by atoms with Crippen LogP contribution in [0.15, 0.2) is 18.2 Å². The van der Waals surface area contributed by atoms with Crippen molar-refractivity contribution in [1.29, 1.82) is 0 Å². The molecular weight excluding hydrogens is 282 g/mol. The molecular formula is C12H19N3O4S. The normalized spacial score (nSPS) is 11.1. The average molecular weight is 301 g/mol. The molecule has 112 valence electrons. The van der Waals surface area contributed by atoms with E-state index >= 15 is 0 Å². The molecule has 0 radical (unpaired) electrons. The zero-order valence-corrected chi connectivity index (χ0v) is 12.3. The van der Waals surface area contributed by atoms with Crippen molar-refractivity contribution in [1.82, 2.24) is 10.0 Å². The van der Waals surface area contributed by atoms with Gasteiger partial charge in [0.2, 0.25) is 10.0 Å². The molecule has 0 spiro atoms. The Morgan fingerprint density at radius 2 is 2.10 bits per heavy atom. The number of carbonyl (C=O) groups is 1. The second-order valence-corrected chi connectivity index (χ2v) is 5.93. The third-order valence-corrected chi connectivity index (χ3v) is 3.98. The number of benzene rings is 1. The number of carbonyl (C=O) groups excluding carboxylic acids is 1. The zero-order valence-electron chi connectivity index (χ0n) is 11.5. The lowest BCUT2D eigenvalue weighted by Gasteiger charge is -2.11. The maximum atomic E-state index is 12.0. The van der Waals surface area contributed by atoms with Gasteiger partial charge in [0.25, 0.3) is 5.91 Å². The van der Waals surface area contributed by atoms with Crippen LogP contribution in [-0.2, 0) is 10.0 Å². The molecule has 0 aliphatic rings. The molecule has 1 aromatic carbocycles. The van der Waals surface area contributed by atoms with Crippen LogP contribution in [0.3, 0.4) is 0 Å². The highest BCUT2D eigenvalue weighted by molar-refractivity contribution is 7.89. The minimum Gasteiger partial charge on any atom is -0.494 e. The summed E-state index contributed by atoms with van der Waals surface area (Å²) < 4.78 is 30.2. The van der Waals surface area contributed by atoms with Crippen LogP contribution in [0.25, 0.3) is 0 Å². The van der Waals surface area contributed by atoms with E-state index in [2.05, 4.69) is 10.0 Å². The minimum absolute atomic E-state index is 0.00607. The Hall–Kier alpha value is -1.80. The van der Waals surface area contributed by atoms with E-state index in [9.17, 15) is 13.2 Å². The van der Waals surface area contributed by atoms with Gasteiger partial charge in [-0.2, -0.15) is 0 Å². The number of nitrogens with one attached hydrogen (secondary N) is 2. The molecule has 0 atom stereocenters. The standard InChI is InChI=1S/C12H19N3O4S/c1-3-15-20(17,18)8-7-14-12(16)9-5-4-6-10(13)11(9)19-2/h4-6,15H,3,7-8,13H2,1-2H3,(H,14,16). The number of rotatable bonds is 7. The number of sulfonamides is 1. The van der Waals surface area contributed by atoms with Crippen LogP contribution < -0.4 is 20.5 Å². The van der Waals surface area contributed by atoms with Crippen molar-refractivity contribution in [3.05, 3.63) is 23.8 Å². The number of anilines is 1. The summed E-state index contributed by atoms with van der Waals surface area (Å²) in [4.78, 5) is 12.0. The van der Waals surface area contributed by atoms with Gasteiger partial charge in [0, 0.05) is 13.1 Å². The van der Waals surface area contributed by atoms with Crippen molar-refractivity contribution in [2.75, 3.05) is 31.7 Å². The van der Waals surface area contributed by atoms with Crippen LogP contribution in [-0.4, -0.2) is 40.3 Å². The lowest BCUT2D eigenvalue weighted by Crippen LogP contribution is -2.34. The highest BCUT2D eigenvalue weighted by atomic mass is 32.2. The lowest BCUT2D eigenvalue weighted by molar-refractivity contribution is 0.0953. The summed E-state index contributed by atoms with van der Waals surface area (Å²) in [6, 6.07) is 4.80. The molecule has 1 rings (SSSR count). The van der Waals surface area contributed by atoms with Crippen molar-refractivity contribution >= 4 is 21.6 Å². The first-order chi connectivity index (χ1) is 9.41. The van der Waals surface area contributed by atoms with Gasteiger partial charge in [-0.1, -0.05) is 13.0 Å². The number of hydrogen-bond donors (Lipinski definition) is 3. The molecule has 0 aliphatic carbocycles. The van der Waals surface area contributed by atoms with Gasteiger partial charge in [0.15, 0.2) is 5.75 Å². The topological polar surface area (TPSA) is 111 Å². The van der Waals surface area contributed by atoms with Gasteiger partial charge in [-0.15, -0.1) is 0 Å². The van der Waals surface area contributed by atoms with Gasteiger partial charge >= 0.3 is 0 Å². The molecule has 1 aromatic rings.